The first-order valence-corrected chi connectivity index (χ1v) is 12.4. The Morgan fingerprint density at radius 1 is 0.939 bits per heavy atom. The maximum absolute atomic E-state index is 13.1. The number of fused-ring (bicyclic) bond motifs is 7. The van der Waals surface area contributed by atoms with Crippen molar-refractivity contribution in [3.63, 3.8) is 0 Å². The van der Waals surface area contributed by atoms with Crippen LogP contribution in [0.25, 0.3) is 0 Å². The van der Waals surface area contributed by atoms with E-state index in [-0.39, 0.29) is 5.91 Å². The van der Waals surface area contributed by atoms with Crippen molar-refractivity contribution >= 4 is 17.3 Å². The normalized spacial score (nSPS) is 27.1. The number of carbonyl (C=O) groups is 1. The molecule has 5 atom stereocenters. The molecule has 0 radical (unpaired) electrons. The molecule has 0 spiro atoms. The quantitative estimate of drug-likeness (QED) is 0.449. The van der Waals surface area contributed by atoms with Crippen LogP contribution in [0.5, 0.6) is 0 Å². The van der Waals surface area contributed by atoms with Gasteiger partial charge in [0.2, 0.25) is 0 Å². The molecule has 2 fully saturated rings. The van der Waals surface area contributed by atoms with Crippen molar-refractivity contribution in [2.75, 3.05) is 10.6 Å². The van der Waals surface area contributed by atoms with Gasteiger partial charge in [-0.3, -0.25) is 4.79 Å². The molecule has 3 aromatic rings. The average molecular weight is 437 g/mol. The van der Waals surface area contributed by atoms with Crippen LogP contribution in [0.2, 0.25) is 0 Å². The van der Waals surface area contributed by atoms with Gasteiger partial charge in [-0.2, -0.15) is 0 Å². The van der Waals surface area contributed by atoms with E-state index in [1.54, 1.807) is 0 Å². The Bertz CT molecular complexity index is 1170. The first kappa shape index (κ1) is 20.5. The molecule has 1 aliphatic heterocycles. The molecule has 6 rings (SSSR count). The molecular formula is C30H32N2O. The van der Waals surface area contributed by atoms with Gasteiger partial charge in [0.25, 0.3) is 5.91 Å². The summed E-state index contributed by atoms with van der Waals surface area (Å²) in [5.74, 6) is 3.14. The lowest BCUT2D eigenvalue weighted by atomic mass is 9.68. The van der Waals surface area contributed by atoms with E-state index in [1.807, 2.05) is 18.2 Å². The van der Waals surface area contributed by atoms with Crippen molar-refractivity contribution in [1.29, 1.82) is 0 Å². The highest BCUT2D eigenvalue weighted by Gasteiger charge is 2.53. The summed E-state index contributed by atoms with van der Waals surface area (Å²) in [6.07, 6.45) is 4.00. The van der Waals surface area contributed by atoms with Gasteiger partial charge in [-0.05, 0) is 95.9 Å². The molecule has 2 aliphatic carbocycles. The third-order valence-corrected chi connectivity index (χ3v) is 8.34. The van der Waals surface area contributed by atoms with Crippen LogP contribution >= 0.6 is 0 Å². The Labute approximate surface area is 196 Å². The minimum atomic E-state index is -0.0278. The van der Waals surface area contributed by atoms with Gasteiger partial charge in [-0.25, -0.2) is 0 Å². The molecule has 3 aliphatic rings. The van der Waals surface area contributed by atoms with Gasteiger partial charge < -0.3 is 10.6 Å². The fourth-order valence-electron chi connectivity index (χ4n) is 6.77. The number of carbonyl (C=O) groups excluding carboxylic acids is 1. The second-order valence-corrected chi connectivity index (χ2v) is 10.5. The van der Waals surface area contributed by atoms with Crippen molar-refractivity contribution < 1.29 is 4.79 Å². The summed E-state index contributed by atoms with van der Waals surface area (Å²) >= 11 is 0. The van der Waals surface area contributed by atoms with Gasteiger partial charge in [0.15, 0.2) is 0 Å². The molecule has 3 nitrogen and oxygen atoms in total. The average Bonchev–Trinajstić information content (AvgIpc) is 3.47. The predicted molar refractivity (Wildman–Crippen MR) is 135 cm³/mol. The molecule has 33 heavy (non-hydrogen) atoms. The number of benzene rings is 3. The Kier molecular flexibility index (Phi) is 5.01. The van der Waals surface area contributed by atoms with Crippen LogP contribution in [0.3, 0.4) is 0 Å². The zero-order chi connectivity index (χ0) is 22.5. The lowest BCUT2D eigenvalue weighted by Crippen LogP contribution is -2.35. The standard InChI is InChI=1S/C30H32N2O/c1-18(2)19-10-13-24(14-11-19)31-30(33)23-12-15-26-25(17-23)27-21-8-9-22(16-21)28(27)29(32-26)20-6-4-3-5-7-20/h3-7,10-15,17-18,21-22,27-29,32H,8-9,16H2,1-2H3,(H,31,33)/t21-,22-,27-,28-,29+/m0/s1. The summed E-state index contributed by atoms with van der Waals surface area (Å²) in [5, 5.41) is 6.97. The number of hydrogen-bond acceptors (Lipinski definition) is 2. The number of anilines is 2. The molecule has 2 N–H and O–H groups in total. The van der Waals surface area contributed by atoms with Gasteiger partial charge in [-0.15, -0.1) is 0 Å². The van der Waals surface area contributed by atoms with Crippen molar-refractivity contribution in [2.45, 2.75) is 51.0 Å². The van der Waals surface area contributed by atoms with E-state index in [0.29, 0.717) is 23.8 Å². The summed E-state index contributed by atoms with van der Waals surface area (Å²) < 4.78 is 0. The number of rotatable bonds is 4. The van der Waals surface area contributed by atoms with Crippen molar-refractivity contribution in [3.05, 3.63) is 95.1 Å². The highest BCUT2D eigenvalue weighted by atomic mass is 16.1. The van der Waals surface area contributed by atoms with Gasteiger partial charge in [-0.1, -0.05) is 56.3 Å². The van der Waals surface area contributed by atoms with Gasteiger partial charge in [0.05, 0.1) is 6.04 Å². The first-order valence-electron chi connectivity index (χ1n) is 12.4. The molecule has 0 saturated heterocycles. The lowest BCUT2D eigenvalue weighted by molar-refractivity contribution is 0.102. The van der Waals surface area contributed by atoms with E-state index in [0.717, 1.165) is 23.1 Å². The first-order chi connectivity index (χ1) is 16.1. The molecule has 2 saturated carbocycles. The van der Waals surface area contributed by atoms with Crippen molar-refractivity contribution in [2.24, 2.45) is 17.8 Å². The van der Waals surface area contributed by atoms with Crippen molar-refractivity contribution in [3.8, 4) is 0 Å². The highest BCUT2D eigenvalue weighted by Crippen LogP contribution is 2.63. The van der Waals surface area contributed by atoms with Gasteiger partial charge in [0.1, 0.15) is 0 Å². The van der Waals surface area contributed by atoms with Crippen LogP contribution in [0.1, 0.15) is 78.0 Å². The van der Waals surface area contributed by atoms with E-state index in [1.165, 1.54) is 41.6 Å². The Hall–Kier alpha value is -3.07. The van der Waals surface area contributed by atoms with Crippen LogP contribution in [-0.2, 0) is 0 Å². The molecule has 0 unspecified atom stereocenters. The molecule has 2 bridgehead atoms. The maximum atomic E-state index is 13.1. The number of nitrogens with one attached hydrogen (secondary N) is 2. The zero-order valence-corrected chi connectivity index (χ0v) is 19.4. The second-order valence-electron chi connectivity index (χ2n) is 10.5. The summed E-state index contributed by atoms with van der Waals surface area (Å²) in [7, 11) is 0. The Morgan fingerprint density at radius 3 is 2.45 bits per heavy atom. The smallest absolute Gasteiger partial charge is 0.255 e. The molecule has 168 valence electrons. The minimum absolute atomic E-state index is 0.0278. The van der Waals surface area contributed by atoms with Crippen LogP contribution < -0.4 is 10.6 Å². The fourth-order valence-corrected chi connectivity index (χ4v) is 6.77. The molecule has 0 aromatic heterocycles. The molecule has 3 heteroatoms. The van der Waals surface area contributed by atoms with E-state index >= 15 is 0 Å². The summed E-state index contributed by atoms with van der Waals surface area (Å²) in [4.78, 5) is 13.1. The zero-order valence-electron chi connectivity index (χ0n) is 19.4. The number of hydrogen-bond donors (Lipinski definition) is 2. The third kappa shape index (κ3) is 3.55. The summed E-state index contributed by atoms with van der Waals surface area (Å²) in [6, 6.07) is 25.7. The monoisotopic (exact) mass is 436 g/mol. The maximum Gasteiger partial charge on any atom is 0.255 e. The second kappa shape index (κ2) is 8.06. The topological polar surface area (TPSA) is 41.1 Å². The summed E-state index contributed by atoms with van der Waals surface area (Å²) in [5.41, 5.74) is 6.82. The van der Waals surface area contributed by atoms with E-state index < -0.39 is 0 Å². The molecule has 1 amide bonds. The van der Waals surface area contributed by atoms with Crippen molar-refractivity contribution in [1.82, 2.24) is 0 Å². The SMILES string of the molecule is CC(C)c1ccc(NC(=O)c2ccc3c(c2)[C@@H]2[C@H]4CC[C@@H](C4)[C@@H]2[C@@H](c2ccccc2)N3)cc1. The Morgan fingerprint density at radius 2 is 1.70 bits per heavy atom. The van der Waals surface area contributed by atoms with Crippen LogP contribution in [0.4, 0.5) is 11.4 Å². The summed E-state index contributed by atoms with van der Waals surface area (Å²) in [6.45, 7) is 4.36. The minimum Gasteiger partial charge on any atom is -0.378 e. The van der Waals surface area contributed by atoms with Crippen LogP contribution in [-0.4, -0.2) is 5.91 Å². The van der Waals surface area contributed by atoms with Gasteiger partial charge >= 0.3 is 0 Å². The Balaban J connectivity index is 1.30. The highest BCUT2D eigenvalue weighted by molar-refractivity contribution is 6.04. The lowest BCUT2D eigenvalue weighted by Gasteiger charge is -2.43. The number of amides is 1. The van der Waals surface area contributed by atoms with E-state index in [9.17, 15) is 4.79 Å². The molecule has 1 heterocycles. The van der Waals surface area contributed by atoms with E-state index in [2.05, 4.69) is 79.1 Å². The van der Waals surface area contributed by atoms with Gasteiger partial charge in [0, 0.05) is 16.9 Å². The predicted octanol–water partition coefficient (Wildman–Crippen LogP) is 7.36. The fraction of sp³-hybridized carbons (Fsp3) is 0.367. The van der Waals surface area contributed by atoms with Crippen LogP contribution in [0.15, 0.2) is 72.8 Å². The van der Waals surface area contributed by atoms with E-state index in [4.69, 9.17) is 0 Å². The van der Waals surface area contributed by atoms with Crippen LogP contribution in [0, 0.1) is 17.8 Å². The molecule has 3 aromatic carbocycles. The third-order valence-electron chi connectivity index (χ3n) is 8.34. The molecular weight excluding hydrogens is 404 g/mol. The largest absolute Gasteiger partial charge is 0.378 e.